The summed E-state index contributed by atoms with van der Waals surface area (Å²) in [7, 11) is 0. The molecule has 0 radical (unpaired) electrons. The summed E-state index contributed by atoms with van der Waals surface area (Å²) in [5.74, 6) is 2.67. The third kappa shape index (κ3) is 3.61. The van der Waals surface area contributed by atoms with Gasteiger partial charge in [-0.3, -0.25) is 0 Å². The van der Waals surface area contributed by atoms with Gasteiger partial charge < -0.3 is 8.83 Å². The first-order chi connectivity index (χ1) is 13.2. The third-order valence-electron chi connectivity index (χ3n) is 4.57. The molecule has 1 aliphatic carbocycles. The van der Waals surface area contributed by atoms with E-state index in [0.717, 1.165) is 34.2 Å². The van der Waals surface area contributed by atoms with E-state index in [4.69, 9.17) is 8.83 Å². The average Bonchev–Trinajstić information content (AvgIpc) is 3.45. The molecular weight excluding hydrogens is 398 g/mol. The molecule has 0 amide bonds. The van der Waals surface area contributed by atoms with Crippen LogP contribution < -0.4 is 0 Å². The van der Waals surface area contributed by atoms with Crippen LogP contribution in [0.15, 0.2) is 43.9 Å². The van der Waals surface area contributed by atoms with Crippen molar-refractivity contribution >= 4 is 34.4 Å². The zero-order chi connectivity index (χ0) is 18.2. The smallest absolute Gasteiger partial charge is 0.277 e. The summed E-state index contributed by atoms with van der Waals surface area (Å²) in [4.78, 5) is 8.10. The molecule has 0 saturated carbocycles. The minimum atomic E-state index is 0.561. The number of oxazole rings is 1. The van der Waals surface area contributed by atoms with E-state index in [1.807, 2.05) is 17.5 Å². The fourth-order valence-corrected chi connectivity index (χ4v) is 5.63. The molecule has 4 aromatic rings. The topological polar surface area (TPSA) is 65.0 Å². The Kier molecular flexibility index (Phi) is 4.63. The molecule has 138 valence electrons. The lowest BCUT2D eigenvalue weighted by Crippen LogP contribution is -2.07. The predicted molar refractivity (Wildman–Crippen MR) is 108 cm³/mol. The molecule has 1 aliphatic rings. The second kappa shape index (κ2) is 7.26. The molecule has 0 N–H and O–H groups in total. The minimum absolute atomic E-state index is 0.561. The molecular formula is C19H17N3O2S3. The van der Waals surface area contributed by atoms with Crippen LogP contribution in [0, 0.1) is 5.92 Å². The maximum absolute atomic E-state index is 5.87. The van der Waals surface area contributed by atoms with Crippen molar-refractivity contribution in [3.05, 3.63) is 46.0 Å². The van der Waals surface area contributed by atoms with Gasteiger partial charge in [-0.15, -0.1) is 32.9 Å². The molecule has 4 heterocycles. The number of aryl methyl sites for hydroxylation is 1. The van der Waals surface area contributed by atoms with Crippen LogP contribution >= 0.6 is 34.4 Å². The molecule has 4 aromatic heterocycles. The first-order valence-electron chi connectivity index (χ1n) is 8.81. The van der Waals surface area contributed by atoms with Crippen molar-refractivity contribution in [3.8, 4) is 21.5 Å². The van der Waals surface area contributed by atoms with E-state index in [1.54, 1.807) is 28.9 Å². The maximum Gasteiger partial charge on any atom is 0.277 e. The van der Waals surface area contributed by atoms with E-state index >= 15 is 0 Å². The second-order valence-electron chi connectivity index (χ2n) is 6.69. The Hall–Kier alpha value is -1.90. The molecule has 0 aromatic carbocycles. The van der Waals surface area contributed by atoms with Crippen LogP contribution in [0.1, 0.15) is 29.5 Å². The maximum atomic E-state index is 5.87. The van der Waals surface area contributed by atoms with Gasteiger partial charge in [-0.1, -0.05) is 24.8 Å². The summed E-state index contributed by atoms with van der Waals surface area (Å²) in [6.45, 7) is 2.31. The number of hydrogen-bond acceptors (Lipinski definition) is 8. The molecule has 0 unspecified atom stereocenters. The van der Waals surface area contributed by atoms with Gasteiger partial charge in [0.15, 0.2) is 0 Å². The zero-order valence-corrected chi connectivity index (χ0v) is 17.1. The summed E-state index contributed by atoms with van der Waals surface area (Å²) in [6.07, 6.45) is 5.27. The number of fused-ring (bicyclic) bond motifs is 1. The van der Waals surface area contributed by atoms with Crippen LogP contribution in [0.3, 0.4) is 0 Å². The Morgan fingerprint density at radius 2 is 2.22 bits per heavy atom. The van der Waals surface area contributed by atoms with E-state index < -0.39 is 0 Å². The molecule has 0 fully saturated rings. The van der Waals surface area contributed by atoms with Crippen molar-refractivity contribution in [1.82, 2.24) is 15.2 Å². The van der Waals surface area contributed by atoms with Gasteiger partial charge in [0.1, 0.15) is 6.26 Å². The summed E-state index contributed by atoms with van der Waals surface area (Å²) in [5.41, 5.74) is 2.31. The molecule has 1 atom stereocenters. The fraction of sp³-hybridized carbons (Fsp3) is 0.316. The molecule has 5 rings (SSSR count). The first kappa shape index (κ1) is 17.2. The van der Waals surface area contributed by atoms with Crippen molar-refractivity contribution in [2.45, 2.75) is 37.2 Å². The van der Waals surface area contributed by atoms with Crippen LogP contribution in [0.25, 0.3) is 21.5 Å². The van der Waals surface area contributed by atoms with Gasteiger partial charge in [-0.05, 0) is 48.3 Å². The standard InChI is InChI=1S/C19H17N3O2S3/c1-11-4-5-14-12(7-11)8-16(27-14)18-21-22-19(24-18)26-10-13-9-23-17(20-13)15-3-2-6-25-15/h2-3,6,8-9,11H,4-5,7,10H2,1H3/t11-/m1/s1. The van der Waals surface area contributed by atoms with Crippen molar-refractivity contribution < 1.29 is 8.83 Å². The number of nitrogens with zero attached hydrogens (tertiary/aromatic N) is 3. The number of thioether (sulfide) groups is 1. The highest BCUT2D eigenvalue weighted by Crippen LogP contribution is 2.37. The molecule has 0 aliphatic heterocycles. The lowest BCUT2D eigenvalue weighted by molar-refractivity contribution is 0.466. The van der Waals surface area contributed by atoms with E-state index in [-0.39, 0.29) is 0 Å². The first-order valence-corrected chi connectivity index (χ1v) is 11.5. The van der Waals surface area contributed by atoms with Crippen molar-refractivity contribution in [2.24, 2.45) is 5.92 Å². The highest BCUT2D eigenvalue weighted by atomic mass is 32.2. The van der Waals surface area contributed by atoms with E-state index in [1.165, 1.54) is 28.6 Å². The Morgan fingerprint density at radius 1 is 1.26 bits per heavy atom. The van der Waals surface area contributed by atoms with Gasteiger partial charge in [-0.25, -0.2) is 4.98 Å². The molecule has 0 bridgehead atoms. The molecule has 8 heteroatoms. The normalized spacial score (nSPS) is 16.6. The third-order valence-corrected chi connectivity index (χ3v) is 7.51. The zero-order valence-electron chi connectivity index (χ0n) is 14.7. The number of rotatable bonds is 5. The van der Waals surface area contributed by atoms with Crippen LogP contribution in [-0.2, 0) is 18.6 Å². The SMILES string of the molecule is C[C@@H]1CCc2sc(-c3nnc(SCc4coc(-c5cccs5)n4)o3)cc2C1. The lowest BCUT2D eigenvalue weighted by Gasteiger charge is -2.16. The molecule has 27 heavy (non-hydrogen) atoms. The predicted octanol–water partition coefficient (Wildman–Crippen LogP) is 5.93. The van der Waals surface area contributed by atoms with E-state index in [9.17, 15) is 0 Å². The average molecular weight is 416 g/mol. The van der Waals surface area contributed by atoms with Gasteiger partial charge >= 0.3 is 0 Å². The van der Waals surface area contributed by atoms with Gasteiger partial charge in [0.05, 0.1) is 15.4 Å². The summed E-state index contributed by atoms with van der Waals surface area (Å²) < 4.78 is 11.4. The summed E-state index contributed by atoms with van der Waals surface area (Å²) in [5, 5.41) is 11.0. The van der Waals surface area contributed by atoms with Crippen LogP contribution in [-0.4, -0.2) is 15.2 Å². The highest BCUT2D eigenvalue weighted by molar-refractivity contribution is 7.98. The molecule has 0 spiro atoms. The van der Waals surface area contributed by atoms with Gasteiger partial charge in [0.2, 0.25) is 5.89 Å². The van der Waals surface area contributed by atoms with Crippen molar-refractivity contribution in [1.29, 1.82) is 0 Å². The van der Waals surface area contributed by atoms with Gasteiger partial charge in [-0.2, -0.15) is 0 Å². The minimum Gasteiger partial charge on any atom is -0.444 e. The summed E-state index contributed by atoms with van der Waals surface area (Å²) >= 11 is 4.88. The Balaban J connectivity index is 1.26. The van der Waals surface area contributed by atoms with Crippen LogP contribution in [0.5, 0.6) is 0 Å². The molecule has 5 nitrogen and oxygen atoms in total. The number of aromatic nitrogens is 3. The Morgan fingerprint density at radius 3 is 3.11 bits per heavy atom. The second-order valence-corrected chi connectivity index (χ2v) is 9.70. The van der Waals surface area contributed by atoms with Crippen LogP contribution in [0.4, 0.5) is 0 Å². The van der Waals surface area contributed by atoms with Gasteiger partial charge in [0, 0.05) is 10.6 Å². The van der Waals surface area contributed by atoms with Gasteiger partial charge in [0.25, 0.3) is 11.1 Å². The van der Waals surface area contributed by atoms with E-state index in [2.05, 4.69) is 28.2 Å². The van der Waals surface area contributed by atoms with Crippen LogP contribution in [0.2, 0.25) is 0 Å². The number of thiophene rings is 2. The fourth-order valence-electron chi connectivity index (χ4n) is 3.20. The summed E-state index contributed by atoms with van der Waals surface area (Å²) in [6, 6.07) is 6.21. The molecule has 0 saturated heterocycles. The number of hydrogen-bond donors (Lipinski definition) is 0. The monoisotopic (exact) mass is 415 g/mol. The Bertz CT molecular complexity index is 1050. The highest BCUT2D eigenvalue weighted by Gasteiger charge is 2.21. The lowest BCUT2D eigenvalue weighted by atomic mass is 9.90. The van der Waals surface area contributed by atoms with Crippen molar-refractivity contribution in [2.75, 3.05) is 0 Å². The van der Waals surface area contributed by atoms with E-state index in [0.29, 0.717) is 22.8 Å². The van der Waals surface area contributed by atoms with Crippen molar-refractivity contribution in [3.63, 3.8) is 0 Å². The largest absolute Gasteiger partial charge is 0.444 e. The quantitative estimate of drug-likeness (QED) is 0.376. The Labute approximate surface area is 168 Å².